The summed E-state index contributed by atoms with van der Waals surface area (Å²) in [7, 11) is -3.60. The average molecular weight is 383 g/mol. The van der Waals surface area contributed by atoms with Gasteiger partial charge in [-0.05, 0) is 40.9 Å². The minimum Gasteiger partial charge on any atom is -0.355 e. The minimum absolute atomic E-state index is 0.133. The Bertz CT molecular complexity index is 543. The van der Waals surface area contributed by atoms with Crippen molar-refractivity contribution in [2.24, 2.45) is 0 Å². The molecule has 8 heteroatoms. The fourth-order valence-corrected chi connectivity index (χ4v) is 5.23. The minimum atomic E-state index is -3.60. The van der Waals surface area contributed by atoms with Gasteiger partial charge < -0.3 is 5.32 Å². The zero-order valence-corrected chi connectivity index (χ0v) is 14.8. The number of thiophene rings is 1. The third-order valence-electron chi connectivity index (χ3n) is 2.51. The van der Waals surface area contributed by atoms with E-state index in [1.165, 1.54) is 4.31 Å². The molecule has 20 heavy (non-hydrogen) atoms. The number of rotatable bonds is 8. The monoisotopic (exact) mass is 382 g/mol. The summed E-state index contributed by atoms with van der Waals surface area (Å²) in [6.45, 7) is 4.59. The van der Waals surface area contributed by atoms with Gasteiger partial charge in [0.2, 0.25) is 5.91 Å². The fraction of sp³-hybridized carbons (Fsp3) is 0.583. The number of hydrogen-bond acceptors (Lipinski definition) is 4. The van der Waals surface area contributed by atoms with Crippen LogP contribution in [0.4, 0.5) is 0 Å². The molecule has 1 aromatic heterocycles. The molecule has 1 rings (SSSR count). The molecule has 5 nitrogen and oxygen atoms in total. The fourth-order valence-electron chi connectivity index (χ4n) is 1.58. The summed E-state index contributed by atoms with van der Waals surface area (Å²) in [5.41, 5.74) is 0. The lowest BCUT2D eigenvalue weighted by atomic mass is 10.4. The molecular weight excluding hydrogens is 364 g/mol. The topological polar surface area (TPSA) is 66.5 Å². The molecule has 0 aliphatic carbocycles. The molecule has 1 amide bonds. The highest BCUT2D eigenvalue weighted by molar-refractivity contribution is 9.11. The molecule has 0 aliphatic heterocycles. The Kier molecular flexibility index (Phi) is 7.14. The molecule has 0 fully saturated rings. The highest BCUT2D eigenvalue weighted by Crippen LogP contribution is 2.28. The molecular formula is C12H19BrN2O3S2. The van der Waals surface area contributed by atoms with E-state index in [1.807, 2.05) is 13.8 Å². The first-order valence-corrected chi connectivity index (χ1v) is 9.49. The first kappa shape index (κ1) is 17.6. The SMILES string of the molecule is CCCNC(=O)CN(CCC)S(=O)(=O)c1ccc(Br)s1. The summed E-state index contributed by atoms with van der Waals surface area (Å²) in [6, 6.07) is 3.25. The first-order chi connectivity index (χ1) is 9.41. The van der Waals surface area contributed by atoms with Crippen molar-refractivity contribution in [3.05, 3.63) is 15.9 Å². The highest BCUT2D eigenvalue weighted by atomic mass is 79.9. The molecule has 0 unspecified atom stereocenters. The second-order valence-corrected chi connectivity index (χ2v) is 8.87. The van der Waals surface area contributed by atoms with Crippen LogP contribution < -0.4 is 5.32 Å². The second-order valence-electron chi connectivity index (χ2n) is 4.25. The van der Waals surface area contributed by atoms with Crippen molar-refractivity contribution in [2.75, 3.05) is 19.6 Å². The molecule has 1 aromatic rings. The molecule has 1 heterocycles. The van der Waals surface area contributed by atoms with Crippen LogP contribution >= 0.6 is 27.3 Å². The molecule has 1 N–H and O–H groups in total. The Morgan fingerprint density at radius 3 is 2.55 bits per heavy atom. The standard InChI is InChI=1S/C12H19BrN2O3S2/c1-3-7-14-11(16)9-15(8-4-2)20(17,18)12-6-5-10(13)19-12/h5-6H,3-4,7-9H2,1-2H3,(H,14,16). The number of nitrogens with zero attached hydrogens (tertiary/aromatic N) is 1. The first-order valence-electron chi connectivity index (χ1n) is 6.44. The van der Waals surface area contributed by atoms with E-state index in [0.717, 1.165) is 21.5 Å². The summed E-state index contributed by atoms with van der Waals surface area (Å²) in [5, 5.41) is 2.70. The Morgan fingerprint density at radius 1 is 1.35 bits per heavy atom. The van der Waals surface area contributed by atoms with Crippen LogP contribution in [0.3, 0.4) is 0 Å². The number of nitrogens with one attached hydrogen (secondary N) is 1. The van der Waals surface area contributed by atoms with Crippen LogP contribution in [0.25, 0.3) is 0 Å². The van der Waals surface area contributed by atoms with Crippen LogP contribution in [0.5, 0.6) is 0 Å². The predicted molar refractivity (Wildman–Crippen MR) is 84.4 cm³/mol. The molecule has 114 valence electrons. The van der Waals surface area contributed by atoms with E-state index in [-0.39, 0.29) is 16.7 Å². The van der Waals surface area contributed by atoms with E-state index in [1.54, 1.807) is 12.1 Å². The van der Waals surface area contributed by atoms with Crippen LogP contribution in [0.15, 0.2) is 20.1 Å². The van der Waals surface area contributed by atoms with Crippen molar-refractivity contribution in [3.63, 3.8) is 0 Å². The molecule has 0 bridgehead atoms. The Balaban J connectivity index is 2.86. The number of carbonyl (C=O) groups excluding carboxylic acids is 1. The molecule has 0 saturated heterocycles. The van der Waals surface area contributed by atoms with Crippen molar-refractivity contribution >= 4 is 43.2 Å². The van der Waals surface area contributed by atoms with E-state index in [2.05, 4.69) is 21.2 Å². The number of halogens is 1. The maximum Gasteiger partial charge on any atom is 0.253 e. The summed E-state index contributed by atoms with van der Waals surface area (Å²) >= 11 is 4.40. The summed E-state index contributed by atoms with van der Waals surface area (Å²) < 4.78 is 27.2. The summed E-state index contributed by atoms with van der Waals surface area (Å²) in [5.74, 6) is -0.264. The molecule has 0 atom stereocenters. The second kappa shape index (κ2) is 8.11. The zero-order valence-electron chi connectivity index (χ0n) is 11.6. The van der Waals surface area contributed by atoms with Gasteiger partial charge in [0, 0.05) is 13.1 Å². The van der Waals surface area contributed by atoms with E-state index in [9.17, 15) is 13.2 Å². The lowest BCUT2D eigenvalue weighted by molar-refractivity contribution is -0.121. The lowest BCUT2D eigenvalue weighted by Gasteiger charge is -2.20. The van der Waals surface area contributed by atoms with Gasteiger partial charge in [-0.25, -0.2) is 8.42 Å². The Hall–Kier alpha value is -0.440. The van der Waals surface area contributed by atoms with E-state index in [0.29, 0.717) is 19.5 Å². The van der Waals surface area contributed by atoms with Crippen molar-refractivity contribution in [1.82, 2.24) is 9.62 Å². The van der Waals surface area contributed by atoms with Crippen molar-refractivity contribution in [2.45, 2.75) is 30.9 Å². The van der Waals surface area contributed by atoms with Crippen molar-refractivity contribution in [1.29, 1.82) is 0 Å². The van der Waals surface area contributed by atoms with E-state index >= 15 is 0 Å². The van der Waals surface area contributed by atoms with Crippen molar-refractivity contribution < 1.29 is 13.2 Å². The largest absolute Gasteiger partial charge is 0.355 e. The highest BCUT2D eigenvalue weighted by Gasteiger charge is 2.27. The van der Waals surface area contributed by atoms with E-state index in [4.69, 9.17) is 0 Å². The average Bonchev–Trinajstić information content (AvgIpc) is 2.83. The van der Waals surface area contributed by atoms with Crippen LogP contribution in [0.2, 0.25) is 0 Å². The maximum atomic E-state index is 12.5. The maximum absolute atomic E-state index is 12.5. The van der Waals surface area contributed by atoms with Crippen LogP contribution in [-0.2, 0) is 14.8 Å². The van der Waals surface area contributed by atoms with Crippen LogP contribution in [0.1, 0.15) is 26.7 Å². The van der Waals surface area contributed by atoms with Gasteiger partial charge in [0.05, 0.1) is 10.3 Å². The zero-order chi connectivity index (χ0) is 15.2. The Labute approximate surface area is 132 Å². The van der Waals surface area contributed by atoms with Crippen LogP contribution in [0, 0.1) is 0 Å². The number of sulfonamides is 1. The summed E-state index contributed by atoms with van der Waals surface area (Å²) in [4.78, 5) is 11.7. The molecule has 0 saturated carbocycles. The lowest BCUT2D eigenvalue weighted by Crippen LogP contribution is -2.41. The van der Waals surface area contributed by atoms with Gasteiger partial charge in [-0.15, -0.1) is 11.3 Å². The quantitative estimate of drug-likeness (QED) is 0.750. The molecule has 0 radical (unpaired) electrons. The predicted octanol–water partition coefficient (Wildman–Crippen LogP) is 2.44. The van der Waals surface area contributed by atoms with Gasteiger partial charge >= 0.3 is 0 Å². The van der Waals surface area contributed by atoms with E-state index < -0.39 is 10.0 Å². The third kappa shape index (κ3) is 4.83. The summed E-state index contributed by atoms with van der Waals surface area (Å²) in [6.07, 6.45) is 1.48. The van der Waals surface area contributed by atoms with Gasteiger partial charge in [-0.3, -0.25) is 4.79 Å². The van der Waals surface area contributed by atoms with Gasteiger partial charge in [-0.2, -0.15) is 4.31 Å². The van der Waals surface area contributed by atoms with Crippen molar-refractivity contribution in [3.8, 4) is 0 Å². The van der Waals surface area contributed by atoms with Gasteiger partial charge in [0.15, 0.2) is 0 Å². The smallest absolute Gasteiger partial charge is 0.253 e. The number of hydrogen-bond donors (Lipinski definition) is 1. The Morgan fingerprint density at radius 2 is 2.05 bits per heavy atom. The van der Waals surface area contributed by atoms with Gasteiger partial charge in [0.25, 0.3) is 10.0 Å². The van der Waals surface area contributed by atoms with Gasteiger partial charge in [-0.1, -0.05) is 13.8 Å². The number of amides is 1. The number of carbonyl (C=O) groups is 1. The van der Waals surface area contributed by atoms with Gasteiger partial charge in [0.1, 0.15) is 4.21 Å². The molecule has 0 spiro atoms. The molecule has 0 aromatic carbocycles. The third-order valence-corrected chi connectivity index (χ3v) is 6.44. The molecule has 0 aliphatic rings. The normalized spacial score (nSPS) is 11.8. The van der Waals surface area contributed by atoms with Crippen LogP contribution in [-0.4, -0.2) is 38.3 Å².